The molecular formula is C22H21N5. The van der Waals surface area contributed by atoms with Crippen molar-refractivity contribution >= 4 is 22.5 Å². The molecule has 0 bridgehead atoms. The lowest BCUT2D eigenvalue weighted by atomic mass is 9.93. The molecule has 0 radical (unpaired) electrons. The Morgan fingerprint density at radius 1 is 1.00 bits per heavy atom. The molecule has 5 rings (SSSR count). The first-order valence-electron chi connectivity index (χ1n) is 9.24. The highest BCUT2D eigenvalue weighted by molar-refractivity contribution is 5.78. The third-order valence-electron chi connectivity index (χ3n) is 5.48. The molecule has 0 saturated carbocycles. The van der Waals surface area contributed by atoms with Gasteiger partial charge in [0.2, 0.25) is 0 Å². The minimum Gasteiger partial charge on any atom is -0.329 e. The minimum absolute atomic E-state index is 0.378. The zero-order valence-corrected chi connectivity index (χ0v) is 15.7. The molecule has 2 aromatic heterocycles. The van der Waals surface area contributed by atoms with Gasteiger partial charge in [0.05, 0.1) is 11.0 Å². The average Bonchev–Trinajstić information content (AvgIpc) is 3.07. The molecule has 0 spiro atoms. The smallest absolute Gasteiger partial charge is 0.147 e. The number of hydrogen-bond donors (Lipinski definition) is 0. The standard InChI is InChI=1S/C22H21N5/c1-14-8-9-19-16(10-14)15(2)11-17-21(26(19)3)23-12-24-22(17)27-13-25-18-6-4-5-7-20(18)27/h4-10,12-13,15H,11H2,1-3H3. The van der Waals surface area contributed by atoms with Crippen LogP contribution in [0.15, 0.2) is 55.1 Å². The maximum absolute atomic E-state index is 4.66. The van der Waals surface area contributed by atoms with Gasteiger partial charge in [-0.1, -0.05) is 36.8 Å². The molecule has 5 heteroatoms. The van der Waals surface area contributed by atoms with Crippen molar-refractivity contribution in [2.75, 3.05) is 11.9 Å². The normalized spacial score (nSPS) is 16.1. The lowest BCUT2D eigenvalue weighted by Crippen LogP contribution is -2.15. The summed E-state index contributed by atoms with van der Waals surface area (Å²) in [7, 11) is 2.09. The number of rotatable bonds is 1. The molecule has 134 valence electrons. The van der Waals surface area contributed by atoms with Crippen LogP contribution >= 0.6 is 0 Å². The van der Waals surface area contributed by atoms with E-state index in [1.54, 1.807) is 6.33 Å². The van der Waals surface area contributed by atoms with Crippen molar-refractivity contribution in [2.24, 2.45) is 0 Å². The van der Waals surface area contributed by atoms with E-state index in [1.165, 1.54) is 16.8 Å². The second-order valence-corrected chi connectivity index (χ2v) is 7.33. The van der Waals surface area contributed by atoms with E-state index in [2.05, 4.69) is 69.6 Å². The number of hydrogen-bond acceptors (Lipinski definition) is 4. The van der Waals surface area contributed by atoms with Crippen molar-refractivity contribution in [2.45, 2.75) is 26.2 Å². The molecule has 1 aliphatic rings. The Kier molecular flexibility index (Phi) is 3.50. The fourth-order valence-electron chi connectivity index (χ4n) is 4.11. The SMILES string of the molecule is Cc1ccc2c(c1)C(C)Cc1c(ncnc1-n1cnc3ccccc31)N2C. The van der Waals surface area contributed by atoms with Gasteiger partial charge in [0.15, 0.2) is 0 Å². The van der Waals surface area contributed by atoms with E-state index < -0.39 is 0 Å². The van der Waals surface area contributed by atoms with Crippen LogP contribution in [0.1, 0.15) is 29.5 Å². The molecule has 0 saturated heterocycles. The van der Waals surface area contributed by atoms with Gasteiger partial charge < -0.3 is 4.90 Å². The first kappa shape index (κ1) is 16.0. The topological polar surface area (TPSA) is 46.8 Å². The van der Waals surface area contributed by atoms with Crippen molar-refractivity contribution in [3.8, 4) is 5.82 Å². The molecular weight excluding hydrogens is 334 g/mol. The largest absolute Gasteiger partial charge is 0.329 e. The molecule has 0 N–H and O–H groups in total. The van der Waals surface area contributed by atoms with E-state index in [0.29, 0.717) is 5.92 Å². The van der Waals surface area contributed by atoms with E-state index >= 15 is 0 Å². The van der Waals surface area contributed by atoms with Gasteiger partial charge in [0, 0.05) is 18.3 Å². The Labute approximate surface area is 158 Å². The van der Waals surface area contributed by atoms with Gasteiger partial charge in [-0.2, -0.15) is 0 Å². The number of aryl methyl sites for hydroxylation is 1. The molecule has 0 aliphatic carbocycles. The van der Waals surface area contributed by atoms with Gasteiger partial charge in [0.1, 0.15) is 24.3 Å². The lowest BCUT2D eigenvalue weighted by Gasteiger charge is -2.22. The molecule has 1 unspecified atom stereocenters. The quantitative estimate of drug-likeness (QED) is 0.502. The maximum Gasteiger partial charge on any atom is 0.147 e. The number of aromatic nitrogens is 4. The van der Waals surface area contributed by atoms with Crippen molar-refractivity contribution in [3.05, 3.63) is 71.8 Å². The first-order valence-corrected chi connectivity index (χ1v) is 9.24. The summed E-state index contributed by atoms with van der Waals surface area (Å²) in [5, 5.41) is 0. The predicted octanol–water partition coefficient (Wildman–Crippen LogP) is 4.55. The van der Waals surface area contributed by atoms with Crippen LogP contribution in [0, 0.1) is 6.92 Å². The lowest BCUT2D eigenvalue weighted by molar-refractivity contribution is 0.755. The van der Waals surface area contributed by atoms with Crippen LogP contribution in [0.5, 0.6) is 0 Å². The molecule has 5 nitrogen and oxygen atoms in total. The Hall–Kier alpha value is -3.21. The highest BCUT2D eigenvalue weighted by atomic mass is 15.2. The number of para-hydroxylation sites is 2. The summed E-state index contributed by atoms with van der Waals surface area (Å²) >= 11 is 0. The molecule has 1 atom stereocenters. The Bertz CT molecular complexity index is 1160. The molecule has 0 fully saturated rings. The monoisotopic (exact) mass is 355 g/mol. The molecule has 3 heterocycles. The van der Waals surface area contributed by atoms with Gasteiger partial charge in [-0.3, -0.25) is 4.57 Å². The van der Waals surface area contributed by atoms with Gasteiger partial charge >= 0.3 is 0 Å². The average molecular weight is 355 g/mol. The minimum atomic E-state index is 0.378. The second kappa shape index (κ2) is 5.91. The summed E-state index contributed by atoms with van der Waals surface area (Å²) in [5.74, 6) is 2.26. The third-order valence-corrected chi connectivity index (χ3v) is 5.48. The fourth-order valence-corrected chi connectivity index (χ4v) is 4.11. The van der Waals surface area contributed by atoms with Crippen LogP contribution in [-0.2, 0) is 6.42 Å². The summed E-state index contributed by atoms with van der Waals surface area (Å²) in [6.07, 6.45) is 4.40. The van der Waals surface area contributed by atoms with Crippen LogP contribution in [0.2, 0.25) is 0 Å². The Morgan fingerprint density at radius 3 is 2.70 bits per heavy atom. The van der Waals surface area contributed by atoms with Crippen molar-refractivity contribution in [1.29, 1.82) is 0 Å². The van der Waals surface area contributed by atoms with E-state index in [-0.39, 0.29) is 0 Å². The highest BCUT2D eigenvalue weighted by Gasteiger charge is 2.27. The van der Waals surface area contributed by atoms with Crippen LogP contribution in [0.25, 0.3) is 16.9 Å². The zero-order valence-electron chi connectivity index (χ0n) is 15.7. The van der Waals surface area contributed by atoms with Crippen molar-refractivity contribution in [3.63, 3.8) is 0 Å². The molecule has 0 amide bonds. The van der Waals surface area contributed by atoms with Crippen LogP contribution in [0.4, 0.5) is 11.5 Å². The molecule has 2 aromatic carbocycles. The van der Waals surface area contributed by atoms with E-state index in [1.807, 2.05) is 24.5 Å². The highest BCUT2D eigenvalue weighted by Crippen LogP contribution is 2.41. The Morgan fingerprint density at radius 2 is 1.81 bits per heavy atom. The van der Waals surface area contributed by atoms with E-state index in [0.717, 1.165) is 34.7 Å². The van der Waals surface area contributed by atoms with Crippen LogP contribution in [0.3, 0.4) is 0 Å². The molecule has 1 aliphatic heterocycles. The van der Waals surface area contributed by atoms with E-state index in [4.69, 9.17) is 0 Å². The molecule has 4 aromatic rings. The van der Waals surface area contributed by atoms with Gasteiger partial charge in [-0.05, 0) is 43.0 Å². The maximum atomic E-state index is 4.66. The number of fused-ring (bicyclic) bond motifs is 3. The second-order valence-electron chi connectivity index (χ2n) is 7.33. The third kappa shape index (κ3) is 2.42. The summed E-state index contributed by atoms with van der Waals surface area (Å²) in [6.45, 7) is 4.43. The number of benzene rings is 2. The van der Waals surface area contributed by atoms with Crippen LogP contribution < -0.4 is 4.90 Å². The summed E-state index contributed by atoms with van der Waals surface area (Å²) in [5.41, 5.74) is 7.05. The van der Waals surface area contributed by atoms with Gasteiger partial charge in [-0.15, -0.1) is 0 Å². The van der Waals surface area contributed by atoms with Crippen molar-refractivity contribution in [1.82, 2.24) is 19.5 Å². The Balaban J connectivity index is 1.74. The van der Waals surface area contributed by atoms with Gasteiger partial charge in [-0.25, -0.2) is 15.0 Å². The number of imidazole rings is 1. The predicted molar refractivity (Wildman–Crippen MR) is 108 cm³/mol. The van der Waals surface area contributed by atoms with Crippen molar-refractivity contribution < 1.29 is 0 Å². The van der Waals surface area contributed by atoms with Crippen LogP contribution in [-0.4, -0.2) is 26.6 Å². The summed E-state index contributed by atoms with van der Waals surface area (Å²) in [6, 6.07) is 14.8. The van der Waals surface area contributed by atoms with Gasteiger partial charge in [0.25, 0.3) is 0 Å². The summed E-state index contributed by atoms with van der Waals surface area (Å²) in [4.78, 5) is 16.0. The molecule has 27 heavy (non-hydrogen) atoms. The number of nitrogens with zero attached hydrogens (tertiary/aromatic N) is 5. The van der Waals surface area contributed by atoms with E-state index in [9.17, 15) is 0 Å². The first-order chi connectivity index (χ1) is 13.1. The zero-order chi connectivity index (χ0) is 18.5. The fraction of sp³-hybridized carbons (Fsp3) is 0.227. The summed E-state index contributed by atoms with van der Waals surface area (Å²) < 4.78 is 2.08. The number of anilines is 2.